The number of hydrogen-bond acceptors (Lipinski definition) is 4. The third-order valence-electron chi connectivity index (χ3n) is 4.35. The maximum Gasteiger partial charge on any atom is 0.407 e. The molecule has 2 N–H and O–H groups in total. The molecule has 2 aromatic carbocycles. The molecule has 6 heteroatoms. The normalized spacial score (nSPS) is 11.2. The highest BCUT2D eigenvalue weighted by Gasteiger charge is 2.15. The third-order valence-corrected chi connectivity index (χ3v) is 4.35. The topological polar surface area (TPSA) is 70.7 Å². The molecule has 0 spiro atoms. The van der Waals surface area contributed by atoms with Gasteiger partial charge in [0.25, 0.3) is 5.91 Å². The summed E-state index contributed by atoms with van der Waals surface area (Å²) in [6.07, 6.45) is 0.425. The van der Waals surface area contributed by atoms with Crippen molar-refractivity contribution in [2.24, 2.45) is 0 Å². The molecule has 2 amide bonds. The van der Waals surface area contributed by atoms with E-state index in [0.717, 1.165) is 25.1 Å². The van der Waals surface area contributed by atoms with Gasteiger partial charge in [-0.15, -0.1) is 0 Å². The van der Waals surface area contributed by atoms with Crippen molar-refractivity contribution in [3.05, 3.63) is 71.3 Å². The van der Waals surface area contributed by atoms with Gasteiger partial charge in [0.05, 0.1) is 0 Å². The quantitative estimate of drug-likeness (QED) is 0.613. The fourth-order valence-electron chi connectivity index (χ4n) is 2.89. The molecule has 0 fully saturated rings. The number of amides is 2. The summed E-state index contributed by atoms with van der Waals surface area (Å²) >= 11 is 0. The van der Waals surface area contributed by atoms with Crippen molar-refractivity contribution in [1.82, 2.24) is 15.5 Å². The summed E-state index contributed by atoms with van der Waals surface area (Å²) in [5.41, 5.74) is 2.27. The molecule has 0 heterocycles. The van der Waals surface area contributed by atoms with E-state index >= 15 is 0 Å². The first-order valence-corrected chi connectivity index (χ1v) is 10.3. The van der Waals surface area contributed by atoms with Crippen LogP contribution in [0.15, 0.2) is 54.6 Å². The summed E-state index contributed by atoms with van der Waals surface area (Å²) in [5.74, 6) is -0.0904. The predicted molar refractivity (Wildman–Crippen MR) is 119 cm³/mol. The van der Waals surface area contributed by atoms with Crippen LogP contribution in [-0.4, -0.2) is 42.6 Å². The SMILES string of the molecule is CN(CCCNC(=O)c1ccc(CNC(=O)OC(C)(C)C)cc1)Cc1ccccc1. The summed E-state index contributed by atoms with van der Waals surface area (Å²) in [6.45, 7) is 8.24. The minimum Gasteiger partial charge on any atom is -0.444 e. The van der Waals surface area contributed by atoms with E-state index in [2.05, 4.69) is 34.7 Å². The molecule has 0 aliphatic carbocycles. The van der Waals surface area contributed by atoms with Gasteiger partial charge in [-0.05, 0) is 64.0 Å². The minimum atomic E-state index is -0.525. The molecular formula is C24H33N3O3. The molecule has 0 saturated heterocycles. The second-order valence-corrected chi connectivity index (χ2v) is 8.39. The van der Waals surface area contributed by atoms with E-state index < -0.39 is 11.7 Å². The number of nitrogens with one attached hydrogen (secondary N) is 2. The smallest absolute Gasteiger partial charge is 0.407 e. The highest BCUT2D eigenvalue weighted by molar-refractivity contribution is 5.94. The van der Waals surface area contributed by atoms with Crippen molar-refractivity contribution in [2.45, 2.75) is 45.9 Å². The van der Waals surface area contributed by atoms with Crippen LogP contribution in [-0.2, 0) is 17.8 Å². The van der Waals surface area contributed by atoms with E-state index in [1.807, 2.05) is 51.1 Å². The van der Waals surface area contributed by atoms with E-state index in [1.165, 1.54) is 5.56 Å². The minimum absolute atomic E-state index is 0.0904. The van der Waals surface area contributed by atoms with Crippen molar-refractivity contribution in [1.29, 1.82) is 0 Å². The molecule has 30 heavy (non-hydrogen) atoms. The Labute approximate surface area is 179 Å². The molecule has 0 unspecified atom stereocenters. The number of carbonyl (C=O) groups is 2. The van der Waals surface area contributed by atoms with Gasteiger partial charge in [-0.1, -0.05) is 42.5 Å². The zero-order valence-electron chi connectivity index (χ0n) is 18.4. The number of ether oxygens (including phenoxy) is 1. The second-order valence-electron chi connectivity index (χ2n) is 8.39. The molecule has 0 radical (unpaired) electrons. The van der Waals surface area contributed by atoms with Crippen molar-refractivity contribution in [2.75, 3.05) is 20.1 Å². The first kappa shape index (κ1) is 23.4. The summed E-state index contributed by atoms with van der Waals surface area (Å²) in [6, 6.07) is 17.5. The molecule has 0 bridgehead atoms. The number of hydrogen-bond donors (Lipinski definition) is 2. The van der Waals surface area contributed by atoms with Gasteiger partial charge in [-0.25, -0.2) is 4.79 Å². The van der Waals surface area contributed by atoms with Gasteiger partial charge in [-0.3, -0.25) is 4.79 Å². The first-order chi connectivity index (χ1) is 14.2. The van der Waals surface area contributed by atoms with E-state index in [9.17, 15) is 9.59 Å². The Morgan fingerprint density at radius 3 is 2.23 bits per heavy atom. The number of rotatable bonds is 9. The zero-order chi connectivity index (χ0) is 22.0. The fourth-order valence-corrected chi connectivity index (χ4v) is 2.89. The number of alkyl carbamates (subject to hydrolysis) is 1. The zero-order valence-corrected chi connectivity index (χ0v) is 18.4. The summed E-state index contributed by atoms with van der Waals surface area (Å²) in [7, 11) is 2.08. The Kier molecular flexibility index (Phi) is 8.87. The standard InChI is InChI=1S/C24H33N3O3/c1-24(2,3)30-23(29)26-17-19-11-13-21(14-12-19)22(28)25-15-8-16-27(4)18-20-9-6-5-7-10-20/h5-7,9-14H,8,15-18H2,1-4H3,(H,25,28)(H,26,29). The maximum atomic E-state index is 12.3. The summed E-state index contributed by atoms with van der Waals surface area (Å²) < 4.78 is 5.21. The molecule has 2 rings (SSSR count). The fraction of sp³-hybridized carbons (Fsp3) is 0.417. The molecule has 0 saturated carbocycles. The van der Waals surface area contributed by atoms with E-state index in [4.69, 9.17) is 4.74 Å². The van der Waals surface area contributed by atoms with E-state index in [-0.39, 0.29) is 5.91 Å². The highest BCUT2D eigenvalue weighted by Crippen LogP contribution is 2.08. The van der Waals surface area contributed by atoms with Gasteiger partial charge in [-0.2, -0.15) is 0 Å². The molecule has 2 aromatic rings. The number of nitrogens with zero attached hydrogens (tertiary/aromatic N) is 1. The Hall–Kier alpha value is -2.86. The maximum absolute atomic E-state index is 12.3. The lowest BCUT2D eigenvalue weighted by molar-refractivity contribution is 0.0523. The second kappa shape index (κ2) is 11.4. The monoisotopic (exact) mass is 411 g/mol. The van der Waals surface area contributed by atoms with Crippen LogP contribution in [0.5, 0.6) is 0 Å². The Bertz CT molecular complexity index is 799. The molecule has 6 nitrogen and oxygen atoms in total. The molecule has 162 valence electrons. The van der Waals surface area contributed by atoms with E-state index in [0.29, 0.717) is 18.7 Å². The lowest BCUT2D eigenvalue weighted by Crippen LogP contribution is -2.32. The number of benzene rings is 2. The van der Waals surface area contributed by atoms with Crippen LogP contribution in [0.1, 0.15) is 48.7 Å². The third kappa shape index (κ3) is 9.09. The van der Waals surface area contributed by atoms with Crippen molar-refractivity contribution in [3.8, 4) is 0 Å². The van der Waals surface area contributed by atoms with Crippen molar-refractivity contribution < 1.29 is 14.3 Å². The Balaban J connectivity index is 1.67. The van der Waals surface area contributed by atoms with Gasteiger partial charge in [0.1, 0.15) is 5.60 Å². The molecule has 0 aliphatic heterocycles. The molecule has 0 atom stereocenters. The lowest BCUT2D eigenvalue weighted by Gasteiger charge is -2.19. The summed E-state index contributed by atoms with van der Waals surface area (Å²) in [4.78, 5) is 26.2. The first-order valence-electron chi connectivity index (χ1n) is 10.3. The van der Waals surface area contributed by atoms with Gasteiger partial charge in [0, 0.05) is 25.2 Å². The average Bonchev–Trinajstić information content (AvgIpc) is 2.69. The highest BCUT2D eigenvalue weighted by atomic mass is 16.6. The van der Waals surface area contributed by atoms with Crippen LogP contribution in [0.2, 0.25) is 0 Å². The lowest BCUT2D eigenvalue weighted by atomic mass is 10.1. The number of carbonyl (C=O) groups excluding carboxylic acids is 2. The molecular weight excluding hydrogens is 378 g/mol. The molecule has 0 aromatic heterocycles. The van der Waals surface area contributed by atoms with Crippen LogP contribution in [0.25, 0.3) is 0 Å². The van der Waals surface area contributed by atoms with Crippen LogP contribution in [0, 0.1) is 0 Å². The van der Waals surface area contributed by atoms with Crippen LogP contribution < -0.4 is 10.6 Å². The van der Waals surface area contributed by atoms with E-state index in [1.54, 1.807) is 12.1 Å². The van der Waals surface area contributed by atoms with Gasteiger partial charge in [0.15, 0.2) is 0 Å². The largest absolute Gasteiger partial charge is 0.444 e. The predicted octanol–water partition coefficient (Wildman–Crippen LogP) is 3.96. The van der Waals surface area contributed by atoms with Crippen LogP contribution in [0.4, 0.5) is 4.79 Å². The van der Waals surface area contributed by atoms with Gasteiger partial charge >= 0.3 is 6.09 Å². The Morgan fingerprint density at radius 2 is 1.60 bits per heavy atom. The molecule has 0 aliphatic rings. The van der Waals surface area contributed by atoms with Gasteiger partial charge < -0.3 is 20.3 Å². The van der Waals surface area contributed by atoms with Crippen molar-refractivity contribution >= 4 is 12.0 Å². The summed E-state index contributed by atoms with van der Waals surface area (Å²) in [5, 5.41) is 5.67. The van der Waals surface area contributed by atoms with Gasteiger partial charge in [0.2, 0.25) is 0 Å². The Morgan fingerprint density at radius 1 is 0.933 bits per heavy atom. The van der Waals surface area contributed by atoms with Crippen molar-refractivity contribution in [3.63, 3.8) is 0 Å². The average molecular weight is 412 g/mol. The van der Waals surface area contributed by atoms with Crippen LogP contribution in [0.3, 0.4) is 0 Å². The van der Waals surface area contributed by atoms with Crippen LogP contribution >= 0.6 is 0 Å².